The van der Waals surface area contributed by atoms with Gasteiger partial charge in [0, 0.05) is 0 Å². The molecule has 1 aromatic carbocycles. The number of hydrogen-bond donors (Lipinski definition) is 2. The summed E-state index contributed by atoms with van der Waals surface area (Å²) in [5.41, 5.74) is -0.969. The molecule has 0 aromatic heterocycles. The summed E-state index contributed by atoms with van der Waals surface area (Å²) in [4.78, 5) is 10.6. The monoisotopic (exact) mass is 240 g/mol. The number of rotatable bonds is 5. The topological polar surface area (TPSA) is 76.0 Å². The molecule has 0 fully saturated rings. The van der Waals surface area contributed by atoms with Crippen molar-refractivity contribution in [2.75, 3.05) is 14.2 Å². The van der Waals surface area contributed by atoms with E-state index in [0.717, 1.165) is 0 Å². The van der Waals surface area contributed by atoms with Crippen LogP contribution in [0.1, 0.15) is 18.9 Å². The summed E-state index contributed by atoms with van der Waals surface area (Å²) in [6.07, 6.45) is -0.373. The summed E-state index contributed by atoms with van der Waals surface area (Å²) in [6, 6.07) is 4.82. The van der Waals surface area contributed by atoms with Crippen LogP contribution in [0.3, 0.4) is 0 Å². The predicted molar refractivity (Wildman–Crippen MR) is 61.4 cm³/mol. The minimum atomic E-state index is -1.44. The quantitative estimate of drug-likeness (QED) is 0.813. The van der Waals surface area contributed by atoms with Crippen molar-refractivity contribution in [3.05, 3.63) is 23.8 Å². The maximum Gasteiger partial charge on any atom is 0.306 e. The summed E-state index contributed by atoms with van der Waals surface area (Å²) in [5, 5.41) is 18.8. The fraction of sp³-hybridized carbons (Fsp3) is 0.417. The molecule has 0 spiro atoms. The second-order valence-electron chi connectivity index (χ2n) is 3.91. The third-order valence-electron chi connectivity index (χ3n) is 2.50. The standard InChI is InChI=1S/C12H16O5/c1-12(15,7-11(13)14)8-4-5-9(16-2)10(6-8)17-3/h4-6,15H,7H2,1-3H3,(H,13,14). The van der Waals surface area contributed by atoms with E-state index in [2.05, 4.69) is 0 Å². The van der Waals surface area contributed by atoms with Gasteiger partial charge in [0.15, 0.2) is 11.5 Å². The van der Waals surface area contributed by atoms with E-state index in [1.807, 2.05) is 0 Å². The van der Waals surface area contributed by atoms with E-state index < -0.39 is 11.6 Å². The lowest BCUT2D eigenvalue weighted by molar-refractivity contribution is -0.142. The molecule has 0 saturated heterocycles. The van der Waals surface area contributed by atoms with Gasteiger partial charge in [-0.3, -0.25) is 4.79 Å². The van der Waals surface area contributed by atoms with Crippen molar-refractivity contribution in [1.29, 1.82) is 0 Å². The Bertz CT molecular complexity index is 411. The molecule has 5 nitrogen and oxygen atoms in total. The maximum absolute atomic E-state index is 10.6. The fourth-order valence-electron chi connectivity index (χ4n) is 1.57. The number of benzene rings is 1. The van der Waals surface area contributed by atoms with Crippen molar-refractivity contribution in [2.45, 2.75) is 18.9 Å². The van der Waals surface area contributed by atoms with E-state index >= 15 is 0 Å². The van der Waals surface area contributed by atoms with E-state index in [0.29, 0.717) is 17.1 Å². The maximum atomic E-state index is 10.6. The number of carboxylic acid groups (broad SMARTS) is 1. The first-order valence-corrected chi connectivity index (χ1v) is 5.07. The van der Waals surface area contributed by atoms with E-state index in [-0.39, 0.29) is 6.42 Å². The van der Waals surface area contributed by atoms with Crippen molar-refractivity contribution in [3.8, 4) is 11.5 Å². The van der Waals surface area contributed by atoms with E-state index in [1.165, 1.54) is 21.1 Å². The van der Waals surface area contributed by atoms with Crippen LogP contribution in [0, 0.1) is 0 Å². The van der Waals surface area contributed by atoms with Gasteiger partial charge in [-0.05, 0) is 24.6 Å². The van der Waals surface area contributed by atoms with Gasteiger partial charge in [-0.1, -0.05) is 6.07 Å². The average Bonchev–Trinajstić information content (AvgIpc) is 2.26. The zero-order valence-corrected chi connectivity index (χ0v) is 10.1. The van der Waals surface area contributed by atoms with Gasteiger partial charge >= 0.3 is 5.97 Å². The van der Waals surface area contributed by atoms with Crippen molar-refractivity contribution in [3.63, 3.8) is 0 Å². The summed E-state index contributed by atoms with van der Waals surface area (Å²) >= 11 is 0. The Morgan fingerprint density at radius 1 is 1.29 bits per heavy atom. The molecule has 0 aliphatic heterocycles. The number of methoxy groups -OCH3 is 2. The fourth-order valence-corrected chi connectivity index (χ4v) is 1.57. The molecule has 0 radical (unpaired) electrons. The highest BCUT2D eigenvalue weighted by atomic mass is 16.5. The molecule has 1 rings (SSSR count). The first-order valence-electron chi connectivity index (χ1n) is 5.07. The van der Waals surface area contributed by atoms with Crippen molar-refractivity contribution in [2.24, 2.45) is 0 Å². The highest BCUT2D eigenvalue weighted by Gasteiger charge is 2.27. The van der Waals surface area contributed by atoms with Crippen LogP contribution in [0.5, 0.6) is 11.5 Å². The summed E-state index contributed by atoms with van der Waals surface area (Å²) < 4.78 is 10.2. The molecule has 2 N–H and O–H groups in total. The van der Waals surface area contributed by atoms with Gasteiger partial charge in [-0.25, -0.2) is 0 Å². The molecular formula is C12H16O5. The third kappa shape index (κ3) is 3.10. The highest BCUT2D eigenvalue weighted by Crippen LogP contribution is 2.33. The van der Waals surface area contributed by atoms with Gasteiger partial charge in [-0.15, -0.1) is 0 Å². The van der Waals surface area contributed by atoms with Gasteiger partial charge < -0.3 is 19.7 Å². The average molecular weight is 240 g/mol. The third-order valence-corrected chi connectivity index (χ3v) is 2.50. The molecule has 1 aromatic rings. The van der Waals surface area contributed by atoms with E-state index in [1.54, 1.807) is 18.2 Å². The van der Waals surface area contributed by atoms with Gasteiger partial charge in [-0.2, -0.15) is 0 Å². The molecule has 17 heavy (non-hydrogen) atoms. The van der Waals surface area contributed by atoms with Crippen LogP contribution in [0.25, 0.3) is 0 Å². The largest absolute Gasteiger partial charge is 0.493 e. The second kappa shape index (κ2) is 5.05. The molecular weight excluding hydrogens is 224 g/mol. The molecule has 0 aliphatic rings. The molecule has 1 atom stereocenters. The Hall–Kier alpha value is -1.75. The molecule has 0 saturated carbocycles. The second-order valence-corrected chi connectivity index (χ2v) is 3.91. The van der Waals surface area contributed by atoms with Gasteiger partial charge in [0.05, 0.1) is 26.2 Å². The Morgan fingerprint density at radius 3 is 2.35 bits per heavy atom. The Balaban J connectivity index is 3.10. The van der Waals surface area contributed by atoms with Crippen molar-refractivity contribution < 1.29 is 24.5 Å². The lowest BCUT2D eigenvalue weighted by Crippen LogP contribution is -2.25. The molecule has 1 unspecified atom stereocenters. The normalized spacial score (nSPS) is 13.9. The van der Waals surface area contributed by atoms with Crippen molar-refractivity contribution >= 4 is 5.97 Å². The van der Waals surface area contributed by atoms with Gasteiger partial charge in [0.1, 0.15) is 0 Å². The Morgan fingerprint density at radius 2 is 1.88 bits per heavy atom. The Labute approximate surface area is 99.6 Å². The van der Waals surface area contributed by atoms with Crippen LogP contribution in [-0.4, -0.2) is 30.4 Å². The lowest BCUT2D eigenvalue weighted by Gasteiger charge is -2.22. The van der Waals surface area contributed by atoms with Crippen LogP contribution in [0.4, 0.5) is 0 Å². The Kier molecular flexibility index (Phi) is 3.96. The van der Waals surface area contributed by atoms with Crippen LogP contribution >= 0.6 is 0 Å². The predicted octanol–water partition coefficient (Wildman–Crippen LogP) is 1.39. The molecule has 0 aliphatic carbocycles. The van der Waals surface area contributed by atoms with Crippen LogP contribution in [-0.2, 0) is 10.4 Å². The first kappa shape index (κ1) is 13.3. The molecule has 5 heteroatoms. The summed E-state index contributed by atoms with van der Waals surface area (Å²) in [5.74, 6) is -0.0807. The van der Waals surface area contributed by atoms with Crippen LogP contribution in [0.15, 0.2) is 18.2 Å². The summed E-state index contributed by atoms with van der Waals surface area (Å²) in [7, 11) is 2.99. The van der Waals surface area contributed by atoms with Crippen molar-refractivity contribution in [1.82, 2.24) is 0 Å². The first-order chi connectivity index (χ1) is 7.90. The smallest absolute Gasteiger partial charge is 0.306 e. The number of ether oxygens (including phenoxy) is 2. The molecule has 0 heterocycles. The lowest BCUT2D eigenvalue weighted by atomic mass is 9.92. The van der Waals surface area contributed by atoms with Crippen LogP contribution in [0.2, 0.25) is 0 Å². The zero-order valence-electron chi connectivity index (χ0n) is 10.1. The SMILES string of the molecule is COc1ccc(C(C)(O)CC(=O)O)cc1OC. The van der Waals surface area contributed by atoms with E-state index in [9.17, 15) is 9.90 Å². The molecule has 94 valence electrons. The van der Waals surface area contributed by atoms with E-state index in [4.69, 9.17) is 14.6 Å². The number of carboxylic acids is 1. The van der Waals surface area contributed by atoms with Gasteiger partial charge in [0.25, 0.3) is 0 Å². The highest BCUT2D eigenvalue weighted by molar-refractivity contribution is 5.68. The summed E-state index contributed by atoms with van der Waals surface area (Å²) in [6.45, 7) is 1.45. The minimum Gasteiger partial charge on any atom is -0.493 e. The molecule has 0 bridgehead atoms. The minimum absolute atomic E-state index is 0.373. The van der Waals surface area contributed by atoms with Gasteiger partial charge in [0.2, 0.25) is 0 Å². The number of hydrogen-bond acceptors (Lipinski definition) is 4. The number of aliphatic carboxylic acids is 1. The van der Waals surface area contributed by atoms with Crippen LogP contribution < -0.4 is 9.47 Å². The zero-order chi connectivity index (χ0) is 13.1. The number of aliphatic hydroxyl groups is 1. The number of carbonyl (C=O) groups is 1. The molecule has 0 amide bonds.